The second kappa shape index (κ2) is 5.72. The zero-order valence-corrected chi connectivity index (χ0v) is 12.4. The standard InChI is InChI=1S/C17H20N2O2/c1-11-10-14(11)16(20)18-9-8-15-12(2)21-17(19-15)13-6-4-3-5-7-13/h3-7,11,14H,8-10H2,1-2H3,(H,18,20)/t11-,14-/m0/s1. The topological polar surface area (TPSA) is 55.1 Å². The molecular formula is C17H20N2O2. The van der Waals surface area contributed by atoms with Gasteiger partial charge in [0.05, 0.1) is 5.69 Å². The zero-order valence-electron chi connectivity index (χ0n) is 12.4. The van der Waals surface area contributed by atoms with Gasteiger partial charge < -0.3 is 9.73 Å². The highest BCUT2D eigenvalue weighted by atomic mass is 16.4. The smallest absolute Gasteiger partial charge is 0.226 e. The van der Waals surface area contributed by atoms with E-state index in [1.54, 1.807) is 0 Å². The fourth-order valence-corrected chi connectivity index (χ4v) is 2.49. The molecule has 4 nitrogen and oxygen atoms in total. The molecule has 110 valence electrons. The quantitative estimate of drug-likeness (QED) is 0.918. The molecule has 0 saturated heterocycles. The van der Waals surface area contributed by atoms with Crippen molar-refractivity contribution in [3.05, 3.63) is 41.8 Å². The molecular weight excluding hydrogens is 264 g/mol. The summed E-state index contributed by atoms with van der Waals surface area (Å²) in [6.45, 7) is 4.64. The Bertz CT molecular complexity index is 633. The van der Waals surface area contributed by atoms with E-state index >= 15 is 0 Å². The molecule has 1 aromatic carbocycles. The number of rotatable bonds is 5. The van der Waals surface area contributed by atoms with Crippen LogP contribution in [0.3, 0.4) is 0 Å². The molecule has 0 unspecified atom stereocenters. The average Bonchev–Trinajstić information content (AvgIpc) is 3.11. The number of carbonyl (C=O) groups is 1. The van der Waals surface area contributed by atoms with Gasteiger partial charge >= 0.3 is 0 Å². The second-order valence-corrected chi connectivity index (χ2v) is 5.75. The molecule has 2 aromatic rings. The van der Waals surface area contributed by atoms with Crippen LogP contribution < -0.4 is 5.32 Å². The third-order valence-corrected chi connectivity index (χ3v) is 4.02. The molecule has 1 aliphatic carbocycles. The second-order valence-electron chi connectivity index (χ2n) is 5.75. The van der Waals surface area contributed by atoms with Gasteiger partial charge in [0.15, 0.2) is 0 Å². The first-order valence-electron chi connectivity index (χ1n) is 7.44. The zero-order chi connectivity index (χ0) is 14.8. The molecule has 0 bridgehead atoms. The van der Waals surface area contributed by atoms with Gasteiger partial charge in [0.1, 0.15) is 5.76 Å². The van der Waals surface area contributed by atoms with Crippen molar-refractivity contribution in [2.24, 2.45) is 11.8 Å². The first kappa shape index (κ1) is 13.9. The predicted molar refractivity (Wildman–Crippen MR) is 80.7 cm³/mol. The van der Waals surface area contributed by atoms with Crippen LogP contribution in [0.5, 0.6) is 0 Å². The Morgan fingerprint density at radius 2 is 2.10 bits per heavy atom. The van der Waals surface area contributed by atoms with Gasteiger partial charge in [-0.3, -0.25) is 4.79 Å². The molecule has 1 fully saturated rings. The monoisotopic (exact) mass is 284 g/mol. The fourth-order valence-electron chi connectivity index (χ4n) is 2.49. The molecule has 0 aliphatic heterocycles. The Morgan fingerprint density at radius 3 is 2.76 bits per heavy atom. The van der Waals surface area contributed by atoms with Crippen molar-refractivity contribution in [1.29, 1.82) is 0 Å². The van der Waals surface area contributed by atoms with Crippen molar-refractivity contribution in [3.63, 3.8) is 0 Å². The van der Waals surface area contributed by atoms with Crippen molar-refractivity contribution in [2.75, 3.05) is 6.54 Å². The van der Waals surface area contributed by atoms with E-state index in [9.17, 15) is 4.79 Å². The van der Waals surface area contributed by atoms with Crippen LogP contribution in [0.25, 0.3) is 11.5 Å². The molecule has 0 spiro atoms. The summed E-state index contributed by atoms with van der Waals surface area (Å²) in [7, 11) is 0. The summed E-state index contributed by atoms with van der Waals surface area (Å²) in [5.41, 5.74) is 1.89. The lowest BCUT2D eigenvalue weighted by Gasteiger charge is -2.02. The molecule has 21 heavy (non-hydrogen) atoms. The van der Waals surface area contributed by atoms with Crippen LogP contribution in [0, 0.1) is 18.8 Å². The first-order valence-corrected chi connectivity index (χ1v) is 7.44. The van der Waals surface area contributed by atoms with E-state index in [-0.39, 0.29) is 11.8 Å². The largest absolute Gasteiger partial charge is 0.441 e. The van der Waals surface area contributed by atoms with Crippen molar-refractivity contribution in [2.45, 2.75) is 26.7 Å². The summed E-state index contributed by atoms with van der Waals surface area (Å²) in [5, 5.41) is 2.98. The van der Waals surface area contributed by atoms with E-state index in [1.165, 1.54) is 0 Å². The van der Waals surface area contributed by atoms with E-state index < -0.39 is 0 Å². The lowest BCUT2D eigenvalue weighted by atomic mass is 10.2. The Hall–Kier alpha value is -2.10. The minimum atomic E-state index is 0.173. The van der Waals surface area contributed by atoms with Gasteiger partial charge in [0.2, 0.25) is 11.8 Å². The van der Waals surface area contributed by atoms with E-state index in [2.05, 4.69) is 17.2 Å². The summed E-state index contributed by atoms with van der Waals surface area (Å²) in [6, 6.07) is 9.85. The van der Waals surface area contributed by atoms with E-state index in [0.29, 0.717) is 24.8 Å². The van der Waals surface area contributed by atoms with Crippen LogP contribution in [0.15, 0.2) is 34.7 Å². The van der Waals surface area contributed by atoms with Crippen LogP contribution in [0.2, 0.25) is 0 Å². The molecule has 1 aromatic heterocycles. The molecule has 2 atom stereocenters. The Balaban J connectivity index is 1.59. The maximum absolute atomic E-state index is 11.8. The number of hydrogen-bond donors (Lipinski definition) is 1. The summed E-state index contributed by atoms with van der Waals surface area (Å²) >= 11 is 0. The van der Waals surface area contributed by atoms with Crippen LogP contribution in [0.1, 0.15) is 24.8 Å². The van der Waals surface area contributed by atoms with Crippen molar-refractivity contribution in [3.8, 4) is 11.5 Å². The molecule has 3 rings (SSSR count). The average molecular weight is 284 g/mol. The van der Waals surface area contributed by atoms with Crippen molar-refractivity contribution < 1.29 is 9.21 Å². The minimum Gasteiger partial charge on any atom is -0.441 e. The van der Waals surface area contributed by atoms with Gasteiger partial charge in [-0.1, -0.05) is 25.1 Å². The van der Waals surface area contributed by atoms with Gasteiger partial charge in [0.25, 0.3) is 0 Å². The molecule has 4 heteroatoms. The van der Waals surface area contributed by atoms with Crippen LogP contribution in [-0.2, 0) is 11.2 Å². The lowest BCUT2D eigenvalue weighted by molar-refractivity contribution is -0.122. The van der Waals surface area contributed by atoms with Crippen molar-refractivity contribution in [1.82, 2.24) is 10.3 Å². The SMILES string of the molecule is Cc1oc(-c2ccccc2)nc1CCNC(=O)[C@H]1C[C@@H]1C. The number of nitrogens with one attached hydrogen (secondary N) is 1. The van der Waals surface area contributed by atoms with E-state index in [1.807, 2.05) is 37.3 Å². The number of carbonyl (C=O) groups excluding carboxylic acids is 1. The molecule has 1 N–H and O–H groups in total. The maximum Gasteiger partial charge on any atom is 0.226 e. The normalized spacial score (nSPS) is 20.3. The molecule has 1 amide bonds. The van der Waals surface area contributed by atoms with Gasteiger partial charge in [-0.15, -0.1) is 0 Å². The summed E-state index contributed by atoms with van der Waals surface area (Å²) < 4.78 is 5.71. The van der Waals surface area contributed by atoms with E-state index in [4.69, 9.17) is 4.42 Å². The Kier molecular flexibility index (Phi) is 3.78. The minimum absolute atomic E-state index is 0.173. The predicted octanol–water partition coefficient (Wildman–Crippen LogP) is 2.96. The number of nitrogens with zero attached hydrogens (tertiary/aromatic N) is 1. The highest BCUT2D eigenvalue weighted by molar-refractivity contribution is 5.81. The van der Waals surface area contributed by atoms with Gasteiger partial charge in [-0.2, -0.15) is 0 Å². The molecule has 1 heterocycles. The summed E-state index contributed by atoms with van der Waals surface area (Å²) in [6.07, 6.45) is 1.72. The van der Waals surface area contributed by atoms with Crippen molar-refractivity contribution >= 4 is 5.91 Å². The summed E-state index contributed by atoms with van der Waals surface area (Å²) in [4.78, 5) is 16.3. The molecule has 1 saturated carbocycles. The van der Waals surface area contributed by atoms with Gasteiger partial charge in [-0.05, 0) is 31.4 Å². The highest BCUT2D eigenvalue weighted by Gasteiger charge is 2.38. The summed E-state index contributed by atoms with van der Waals surface area (Å²) in [5.74, 6) is 2.41. The highest BCUT2D eigenvalue weighted by Crippen LogP contribution is 2.37. The number of aromatic nitrogens is 1. The maximum atomic E-state index is 11.8. The number of aryl methyl sites for hydroxylation is 1. The fraction of sp³-hybridized carbons (Fsp3) is 0.412. The number of oxazole rings is 1. The Labute approximate surface area is 124 Å². The number of hydrogen-bond acceptors (Lipinski definition) is 3. The third-order valence-electron chi connectivity index (χ3n) is 4.02. The van der Waals surface area contributed by atoms with Crippen LogP contribution >= 0.6 is 0 Å². The lowest BCUT2D eigenvalue weighted by Crippen LogP contribution is -2.27. The molecule has 1 aliphatic rings. The third kappa shape index (κ3) is 3.15. The molecule has 0 radical (unpaired) electrons. The Morgan fingerprint density at radius 1 is 1.38 bits per heavy atom. The van der Waals surface area contributed by atoms with E-state index in [0.717, 1.165) is 23.4 Å². The van der Waals surface area contributed by atoms with Crippen LogP contribution in [-0.4, -0.2) is 17.4 Å². The van der Waals surface area contributed by atoms with Gasteiger partial charge in [0, 0.05) is 24.4 Å². The van der Waals surface area contributed by atoms with Crippen LogP contribution in [0.4, 0.5) is 0 Å². The number of benzene rings is 1. The van der Waals surface area contributed by atoms with Gasteiger partial charge in [-0.25, -0.2) is 4.98 Å². The first-order chi connectivity index (χ1) is 10.1. The number of amides is 1.